The van der Waals surface area contributed by atoms with Crippen molar-refractivity contribution in [1.29, 1.82) is 0 Å². The van der Waals surface area contributed by atoms with Crippen LogP contribution in [0.25, 0.3) is 10.2 Å². The number of amides is 2. The lowest BCUT2D eigenvalue weighted by Gasteiger charge is -2.42. The van der Waals surface area contributed by atoms with Crippen LogP contribution in [0.1, 0.15) is 68.1 Å². The quantitative estimate of drug-likeness (QED) is 0.738. The van der Waals surface area contributed by atoms with Crippen LogP contribution in [0.3, 0.4) is 0 Å². The van der Waals surface area contributed by atoms with Gasteiger partial charge in [0.1, 0.15) is 11.4 Å². The summed E-state index contributed by atoms with van der Waals surface area (Å²) in [5, 5.41) is 3.50. The van der Waals surface area contributed by atoms with E-state index in [4.69, 9.17) is 0 Å². The first-order chi connectivity index (χ1) is 15.6. The largest absolute Gasteiger partial charge is 0.352 e. The second-order valence-electron chi connectivity index (χ2n) is 10.3. The summed E-state index contributed by atoms with van der Waals surface area (Å²) >= 11 is 1.27. The Morgan fingerprint density at radius 2 is 1.79 bits per heavy atom. The average Bonchev–Trinajstić information content (AvgIpc) is 3.12. The summed E-state index contributed by atoms with van der Waals surface area (Å²) < 4.78 is 1.36. The highest BCUT2D eigenvalue weighted by molar-refractivity contribution is 7.20. The molecule has 180 valence electrons. The molecule has 2 fully saturated rings. The Bertz CT molecular complexity index is 1090. The molecule has 8 nitrogen and oxygen atoms in total. The minimum Gasteiger partial charge on any atom is -0.352 e. The smallest absolute Gasteiger partial charge is 0.264 e. The van der Waals surface area contributed by atoms with Crippen molar-refractivity contribution < 1.29 is 9.59 Å². The lowest BCUT2D eigenvalue weighted by Crippen LogP contribution is -2.54. The summed E-state index contributed by atoms with van der Waals surface area (Å²) in [5.74, 6) is -0.198. The van der Waals surface area contributed by atoms with Gasteiger partial charge in [-0.2, -0.15) is 0 Å². The molecule has 9 heteroatoms. The van der Waals surface area contributed by atoms with E-state index in [1.807, 2.05) is 11.8 Å². The van der Waals surface area contributed by atoms with Gasteiger partial charge >= 0.3 is 0 Å². The zero-order chi connectivity index (χ0) is 23.8. The fraction of sp³-hybridized carbons (Fsp3) is 0.667. The lowest BCUT2D eigenvalue weighted by molar-refractivity contribution is -0.122. The second-order valence-corrected chi connectivity index (χ2v) is 11.3. The van der Waals surface area contributed by atoms with Gasteiger partial charge in [-0.25, -0.2) is 4.98 Å². The van der Waals surface area contributed by atoms with Gasteiger partial charge in [0.25, 0.3) is 11.5 Å². The zero-order valence-corrected chi connectivity index (χ0v) is 21.0. The molecule has 2 aromatic rings. The van der Waals surface area contributed by atoms with Crippen molar-refractivity contribution in [3.05, 3.63) is 27.1 Å². The molecule has 4 rings (SSSR count). The Balaban J connectivity index is 1.49. The summed E-state index contributed by atoms with van der Waals surface area (Å²) in [4.78, 5) is 48.7. The molecule has 0 bridgehead atoms. The van der Waals surface area contributed by atoms with Crippen LogP contribution in [0.5, 0.6) is 0 Å². The average molecular weight is 474 g/mol. The van der Waals surface area contributed by atoms with Crippen molar-refractivity contribution in [1.82, 2.24) is 24.7 Å². The van der Waals surface area contributed by atoms with Crippen molar-refractivity contribution in [3.8, 4) is 0 Å². The molecule has 0 radical (unpaired) electrons. The van der Waals surface area contributed by atoms with Crippen LogP contribution in [0, 0.1) is 6.92 Å². The molecule has 1 aliphatic carbocycles. The molecule has 1 N–H and O–H groups in total. The number of thiophene rings is 1. The Morgan fingerprint density at radius 1 is 1.12 bits per heavy atom. The number of rotatable bonds is 4. The molecule has 0 unspecified atom stereocenters. The maximum atomic E-state index is 13.3. The summed E-state index contributed by atoms with van der Waals surface area (Å²) in [6, 6.07) is 0.199. The zero-order valence-electron chi connectivity index (χ0n) is 20.1. The molecule has 1 aliphatic heterocycles. The number of hydrogen-bond acceptors (Lipinski definition) is 6. The maximum absolute atomic E-state index is 13.3. The molecule has 2 aliphatic rings. The molecule has 0 aromatic carbocycles. The third-order valence-electron chi connectivity index (χ3n) is 6.91. The predicted molar refractivity (Wildman–Crippen MR) is 131 cm³/mol. The summed E-state index contributed by atoms with van der Waals surface area (Å²) in [6.07, 6.45) is 6.91. The van der Waals surface area contributed by atoms with E-state index in [2.05, 4.69) is 36.0 Å². The first-order valence-corrected chi connectivity index (χ1v) is 12.8. The fourth-order valence-corrected chi connectivity index (χ4v) is 5.98. The third kappa shape index (κ3) is 5.14. The van der Waals surface area contributed by atoms with E-state index < -0.39 is 0 Å². The number of nitrogens with one attached hydrogen (secondary N) is 1. The fourth-order valence-electron chi connectivity index (χ4n) is 4.87. The number of aryl methyl sites for hydroxylation is 1. The normalized spacial score (nSPS) is 18.6. The minimum atomic E-state index is -0.260. The minimum absolute atomic E-state index is 0.0370. The lowest BCUT2D eigenvalue weighted by atomic mass is 9.95. The molecule has 2 amide bonds. The van der Waals surface area contributed by atoms with Crippen LogP contribution < -0.4 is 10.9 Å². The van der Waals surface area contributed by atoms with E-state index in [9.17, 15) is 14.4 Å². The Kier molecular flexibility index (Phi) is 6.91. The Hall–Kier alpha value is -2.26. The number of carbonyl (C=O) groups is 2. The molecule has 33 heavy (non-hydrogen) atoms. The molecule has 1 saturated carbocycles. The number of aromatic nitrogens is 2. The predicted octanol–water partition coefficient (Wildman–Crippen LogP) is 2.77. The van der Waals surface area contributed by atoms with Gasteiger partial charge in [-0.3, -0.25) is 23.9 Å². The standard InChI is InChI=1S/C24H35N5O3S/c1-16-19-21(33-20(16)23(32)27-10-12-29(13-11-27)24(2,3)4)25-15-28(22(19)31)14-18(30)26-17-8-6-5-7-9-17/h15,17H,5-14H2,1-4H3,(H,26,30). The number of fused-ring (bicyclic) bond motifs is 1. The van der Waals surface area contributed by atoms with Crippen LogP contribution >= 0.6 is 11.3 Å². The molecule has 2 aromatic heterocycles. The van der Waals surface area contributed by atoms with E-state index in [0.29, 0.717) is 33.7 Å². The van der Waals surface area contributed by atoms with E-state index in [-0.39, 0.29) is 35.5 Å². The van der Waals surface area contributed by atoms with Gasteiger partial charge < -0.3 is 10.2 Å². The van der Waals surface area contributed by atoms with E-state index in [1.165, 1.54) is 28.7 Å². The van der Waals surface area contributed by atoms with Gasteiger partial charge in [-0.1, -0.05) is 19.3 Å². The summed E-state index contributed by atoms with van der Waals surface area (Å²) in [7, 11) is 0. The van der Waals surface area contributed by atoms with Gasteiger partial charge in [-0.05, 0) is 46.1 Å². The first kappa shape index (κ1) is 23.9. The van der Waals surface area contributed by atoms with Gasteiger partial charge in [0.15, 0.2) is 0 Å². The van der Waals surface area contributed by atoms with Crippen LogP contribution in [-0.2, 0) is 11.3 Å². The topological polar surface area (TPSA) is 87.5 Å². The van der Waals surface area contributed by atoms with Gasteiger partial charge in [0, 0.05) is 37.8 Å². The number of carbonyl (C=O) groups excluding carboxylic acids is 2. The first-order valence-electron chi connectivity index (χ1n) is 12.0. The van der Waals surface area contributed by atoms with Crippen LogP contribution in [0.15, 0.2) is 11.1 Å². The Morgan fingerprint density at radius 3 is 2.42 bits per heavy atom. The van der Waals surface area contributed by atoms with Crippen molar-refractivity contribution in [2.24, 2.45) is 0 Å². The van der Waals surface area contributed by atoms with Crippen molar-refractivity contribution in [2.75, 3.05) is 26.2 Å². The Labute approximate surface area is 199 Å². The number of nitrogens with zero attached hydrogens (tertiary/aromatic N) is 4. The third-order valence-corrected chi connectivity index (χ3v) is 8.10. The SMILES string of the molecule is Cc1c(C(=O)N2CCN(C(C)(C)C)CC2)sc2ncn(CC(=O)NC3CCCCC3)c(=O)c12. The van der Waals surface area contributed by atoms with Crippen molar-refractivity contribution in [2.45, 2.75) is 77.9 Å². The number of piperazine rings is 1. The van der Waals surface area contributed by atoms with Crippen molar-refractivity contribution in [3.63, 3.8) is 0 Å². The van der Waals surface area contributed by atoms with Gasteiger partial charge in [0.2, 0.25) is 5.91 Å². The molecule has 1 saturated heterocycles. The van der Waals surface area contributed by atoms with Crippen LogP contribution in [-0.4, -0.2) is 68.9 Å². The number of hydrogen-bond donors (Lipinski definition) is 1. The maximum Gasteiger partial charge on any atom is 0.264 e. The molecule has 0 spiro atoms. The highest BCUT2D eigenvalue weighted by Crippen LogP contribution is 2.29. The monoisotopic (exact) mass is 473 g/mol. The van der Waals surface area contributed by atoms with Crippen LogP contribution in [0.4, 0.5) is 0 Å². The van der Waals surface area contributed by atoms with E-state index in [0.717, 1.165) is 38.8 Å². The molecule has 0 atom stereocenters. The highest BCUT2D eigenvalue weighted by Gasteiger charge is 2.30. The van der Waals surface area contributed by atoms with Crippen LogP contribution in [0.2, 0.25) is 0 Å². The van der Waals surface area contributed by atoms with Crippen molar-refractivity contribution >= 4 is 33.4 Å². The highest BCUT2D eigenvalue weighted by atomic mass is 32.1. The summed E-state index contributed by atoms with van der Waals surface area (Å²) in [5.41, 5.74) is 0.489. The molecular weight excluding hydrogens is 438 g/mol. The summed E-state index contributed by atoms with van der Waals surface area (Å²) in [6.45, 7) is 11.3. The van der Waals surface area contributed by atoms with E-state index >= 15 is 0 Å². The van der Waals surface area contributed by atoms with Gasteiger partial charge in [-0.15, -0.1) is 11.3 Å². The van der Waals surface area contributed by atoms with Gasteiger partial charge in [0.05, 0.1) is 16.6 Å². The second kappa shape index (κ2) is 9.54. The molecular formula is C24H35N5O3S. The molecule has 3 heterocycles. The van der Waals surface area contributed by atoms with E-state index in [1.54, 1.807) is 0 Å².